The van der Waals surface area contributed by atoms with E-state index in [1.54, 1.807) is 0 Å². The van der Waals surface area contributed by atoms with Crippen LogP contribution in [0.1, 0.15) is 16.7 Å². The second kappa shape index (κ2) is 11.4. The first-order chi connectivity index (χ1) is 24.7. The lowest BCUT2D eigenvalue weighted by Crippen LogP contribution is -1.99. The molecule has 0 spiro atoms. The second-order valence-electron chi connectivity index (χ2n) is 12.3. The molecule has 0 saturated carbocycles. The zero-order valence-corrected chi connectivity index (χ0v) is 26.7. The van der Waals surface area contributed by atoms with E-state index >= 15 is 0 Å². The predicted molar refractivity (Wildman–Crippen MR) is 200 cm³/mol. The number of nitriles is 3. The summed E-state index contributed by atoms with van der Waals surface area (Å²) in [6.45, 7) is 0. The van der Waals surface area contributed by atoms with Gasteiger partial charge in [-0.2, -0.15) is 15.8 Å². The van der Waals surface area contributed by atoms with Gasteiger partial charge in [0.25, 0.3) is 0 Å². The summed E-state index contributed by atoms with van der Waals surface area (Å²) in [7, 11) is 0. The Balaban J connectivity index is 1.24. The maximum atomic E-state index is 10.3. The van der Waals surface area contributed by atoms with Crippen LogP contribution in [0.25, 0.3) is 77.2 Å². The number of hydrogen-bond donors (Lipinski definition) is 0. The van der Waals surface area contributed by atoms with Gasteiger partial charge in [-0.05, 0) is 77.4 Å². The third-order valence-electron chi connectivity index (χ3n) is 9.63. The molecule has 0 amide bonds. The van der Waals surface area contributed by atoms with Gasteiger partial charge in [0.2, 0.25) is 0 Å². The van der Waals surface area contributed by atoms with E-state index in [-0.39, 0.29) is 0 Å². The number of benzene rings is 7. The fourth-order valence-electron chi connectivity index (χ4n) is 7.43. The van der Waals surface area contributed by atoms with Crippen molar-refractivity contribution in [2.75, 3.05) is 0 Å². The van der Waals surface area contributed by atoms with Gasteiger partial charge < -0.3 is 9.13 Å². The van der Waals surface area contributed by atoms with Gasteiger partial charge in [-0.25, -0.2) is 0 Å². The van der Waals surface area contributed by atoms with Crippen molar-refractivity contribution in [2.24, 2.45) is 0 Å². The van der Waals surface area contributed by atoms with Crippen LogP contribution in [0.5, 0.6) is 0 Å². The fraction of sp³-hybridized carbons (Fsp3) is 0. The molecule has 0 N–H and O–H groups in total. The Morgan fingerprint density at radius 2 is 1.02 bits per heavy atom. The molecule has 7 aromatic carbocycles. The van der Waals surface area contributed by atoms with Gasteiger partial charge in [0.1, 0.15) is 12.1 Å². The third-order valence-corrected chi connectivity index (χ3v) is 9.63. The maximum absolute atomic E-state index is 10.3. The highest BCUT2D eigenvalue weighted by Crippen LogP contribution is 2.39. The number of hydrogen-bond acceptors (Lipinski definition) is 3. The smallest absolute Gasteiger partial charge is 0.101 e. The molecule has 0 aliphatic heterocycles. The van der Waals surface area contributed by atoms with E-state index in [1.165, 1.54) is 0 Å². The van der Waals surface area contributed by atoms with Crippen LogP contribution in [0, 0.1) is 34.0 Å². The first-order valence-electron chi connectivity index (χ1n) is 16.3. The zero-order valence-electron chi connectivity index (χ0n) is 26.7. The lowest BCUT2D eigenvalue weighted by atomic mass is 9.96. The van der Waals surface area contributed by atoms with Crippen LogP contribution < -0.4 is 0 Å². The van der Waals surface area contributed by atoms with Crippen molar-refractivity contribution in [3.63, 3.8) is 0 Å². The molecule has 0 unspecified atom stereocenters. The molecule has 0 saturated heterocycles. The molecule has 9 aromatic rings. The topological polar surface area (TPSA) is 81.2 Å². The van der Waals surface area contributed by atoms with E-state index in [0.717, 1.165) is 77.2 Å². The number of aromatic nitrogens is 2. The van der Waals surface area contributed by atoms with Crippen LogP contribution in [-0.4, -0.2) is 9.13 Å². The van der Waals surface area contributed by atoms with Crippen molar-refractivity contribution in [2.45, 2.75) is 0 Å². The molecular formula is C45H25N5. The lowest BCUT2D eigenvalue weighted by molar-refractivity contribution is 1.17. The minimum Gasteiger partial charge on any atom is -0.308 e. The molecule has 5 heteroatoms. The van der Waals surface area contributed by atoms with Gasteiger partial charge in [-0.15, -0.1) is 0 Å². The molecular weight excluding hydrogens is 611 g/mol. The Hall–Kier alpha value is -7.39. The van der Waals surface area contributed by atoms with Crippen molar-refractivity contribution >= 4 is 43.6 Å². The summed E-state index contributed by atoms with van der Waals surface area (Å²) in [5, 5.41) is 34.2. The van der Waals surface area contributed by atoms with E-state index in [2.05, 4.69) is 100 Å². The van der Waals surface area contributed by atoms with Crippen LogP contribution in [0.15, 0.2) is 152 Å². The number of fused-ring (bicyclic) bond motifs is 6. The molecule has 2 aromatic heterocycles. The summed E-state index contributed by atoms with van der Waals surface area (Å²) in [6.07, 6.45) is 0. The molecule has 50 heavy (non-hydrogen) atoms. The van der Waals surface area contributed by atoms with Crippen LogP contribution >= 0.6 is 0 Å². The average Bonchev–Trinajstić information content (AvgIpc) is 3.70. The van der Waals surface area contributed by atoms with Gasteiger partial charge in [0.15, 0.2) is 0 Å². The summed E-state index contributed by atoms with van der Waals surface area (Å²) in [5.41, 5.74) is 11.4. The Morgan fingerprint density at radius 3 is 1.82 bits per heavy atom. The fourth-order valence-corrected chi connectivity index (χ4v) is 7.43. The monoisotopic (exact) mass is 635 g/mol. The van der Waals surface area contributed by atoms with E-state index < -0.39 is 0 Å². The summed E-state index contributed by atoms with van der Waals surface area (Å²) in [6, 6.07) is 57.9. The minimum absolute atomic E-state index is 0.557. The first kappa shape index (κ1) is 28.8. The highest BCUT2D eigenvalue weighted by atomic mass is 15.0. The highest BCUT2D eigenvalue weighted by molar-refractivity contribution is 6.12. The van der Waals surface area contributed by atoms with Crippen LogP contribution in [0.2, 0.25) is 0 Å². The van der Waals surface area contributed by atoms with Gasteiger partial charge in [0.05, 0.1) is 56.2 Å². The second-order valence-corrected chi connectivity index (χ2v) is 12.3. The number of para-hydroxylation sites is 4. The van der Waals surface area contributed by atoms with E-state index in [1.807, 2.05) is 78.9 Å². The first-order valence-corrected chi connectivity index (χ1v) is 16.3. The predicted octanol–water partition coefficient (Wildman–Crippen LogP) is 10.8. The molecule has 0 atom stereocenters. The molecule has 2 heterocycles. The van der Waals surface area contributed by atoms with Crippen molar-refractivity contribution in [3.8, 4) is 51.8 Å². The quantitative estimate of drug-likeness (QED) is 0.193. The SMILES string of the molecule is N#Cc1ccc2c(c1)c1ccccc1n2-c1cc(-c2cccc(-c3ccccc3-n3c4ccccc4c4cccc(C#N)c43)c2)ccc1C#N. The summed E-state index contributed by atoms with van der Waals surface area (Å²) >= 11 is 0. The van der Waals surface area contributed by atoms with E-state index in [9.17, 15) is 15.8 Å². The Morgan fingerprint density at radius 1 is 0.380 bits per heavy atom. The molecule has 0 radical (unpaired) electrons. The van der Waals surface area contributed by atoms with E-state index in [4.69, 9.17) is 0 Å². The maximum Gasteiger partial charge on any atom is 0.101 e. The van der Waals surface area contributed by atoms with E-state index in [0.29, 0.717) is 16.7 Å². The summed E-state index contributed by atoms with van der Waals surface area (Å²) in [5.74, 6) is 0. The lowest BCUT2D eigenvalue weighted by Gasteiger charge is -2.16. The third kappa shape index (κ3) is 4.31. The van der Waals surface area contributed by atoms with Crippen molar-refractivity contribution in [1.29, 1.82) is 15.8 Å². The number of rotatable bonds is 4. The van der Waals surface area contributed by atoms with Crippen LogP contribution in [0.4, 0.5) is 0 Å². The average molecular weight is 636 g/mol. The molecule has 0 fully saturated rings. The largest absolute Gasteiger partial charge is 0.308 e. The van der Waals surface area contributed by atoms with Crippen LogP contribution in [-0.2, 0) is 0 Å². The van der Waals surface area contributed by atoms with Gasteiger partial charge in [-0.1, -0.05) is 91.0 Å². The molecule has 230 valence electrons. The minimum atomic E-state index is 0.557. The Kier molecular flexibility index (Phi) is 6.56. The van der Waals surface area contributed by atoms with Gasteiger partial charge in [-0.3, -0.25) is 0 Å². The van der Waals surface area contributed by atoms with Crippen molar-refractivity contribution < 1.29 is 0 Å². The normalized spacial score (nSPS) is 11.1. The Bertz CT molecular complexity index is 2970. The molecule has 0 bridgehead atoms. The van der Waals surface area contributed by atoms with Crippen LogP contribution in [0.3, 0.4) is 0 Å². The highest BCUT2D eigenvalue weighted by Gasteiger charge is 2.19. The Labute approximate surface area is 287 Å². The summed E-state index contributed by atoms with van der Waals surface area (Å²) < 4.78 is 4.34. The summed E-state index contributed by atoms with van der Waals surface area (Å²) in [4.78, 5) is 0. The standard InChI is InChI=1S/C45H25N5/c46-26-29-19-22-43-39(23-29)37-14-3-5-17-41(37)49(43)44-25-31(20-21-33(44)27-47)30-9-7-10-32(24-30)35-12-1-4-16-40(35)50-42-18-6-2-13-36(42)38-15-8-11-34(28-48)45(38)50/h1-25H. The molecule has 5 nitrogen and oxygen atoms in total. The zero-order chi connectivity index (χ0) is 33.8. The molecule has 9 rings (SSSR count). The van der Waals surface area contributed by atoms with Crippen molar-refractivity contribution in [3.05, 3.63) is 168 Å². The molecule has 0 aliphatic carbocycles. The van der Waals surface area contributed by atoms with Gasteiger partial charge in [0, 0.05) is 27.1 Å². The van der Waals surface area contributed by atoms with Gasteiger partial charge >= 0.3 is 0 Å². The molecule has 0 aliphatic rings. The number of nitrogens with zero attached hydrogens (tertiary/aromatic N) is 5. The van der Waals surface area contributed by atoms with Crippen molar-refractivity contribution in [1.82, 2.24) is 9.13 Å².